The number of allylic oxidation sites excluding steroid dienone is 2. The van der Waals surface area contributed by atoms with Crippen molar-refractivity contribution in [1.29, 1.82) is 0 Å². The molecular formula is C7H9Br3O3S. The predicted octanol–water partition coefficient (Wildman–Crippen LogP) is 3.59. The summed E-state index contributed by atoms with van der Waals surface area (Å²) in [4.78, 5) is 0. The topological polar surface area (TPSA) is 43.4 Å². The molecule has 0 N–H and O–H groups in total. The quantitative estimate of drug-likeness (QED) is 0.514. The van der Waals surface area contributed by atoms with E-state index < -0.39 is 11.6 Å². The van der Waals surface area contributed by atoms with Crippen molar-refractivity contribution in [1.82, 2.24) is 0 Å². The molecule has 0 saturated heterocycles. The third-order valence-electron chi connectivity index (χ3n) is 1.75. The number of hydrogen-bond donors (Lipinski definition) is 0. The minimum Gasteiger partial charge on any atom is -0.385 e. The summed E-state index contributed by atoms with van der Waals surface area (Å²) in [6.07, 6.45) is 5.45. The Hall–Kier alpha value is 0.930. The molecule has 0 bridgehead atoms. The first kappa shape index (κ1) is 13.0. The van der Waals surface area contributed by atoms with Crippen molar-refractivity contribution in [3.63, 3.8) is 0 Å². The first-order chi connectivity index (χ1) is 6.33. The summed E-state index contributed by atoms with van der Waals surface area (Å²) in [7, 11) is -3.72. The second kappa shape index (κ2) is 4.84. The molecule has 0 heterocycles. The molecule has 3 nitrogen and oxygen atoms in total. The molecule has 7 heteroatoms. The molecule has 82 valence electrons. The Morgan fingerprint density at radius 1 is 1.29 bits per heavy atom. The van der Waals surface area contributed by atoms with E-state index in [0.717, 1.165) is 19.3 Å². The zero-order chi connectivity index (χ0) is 10.8. The van der Waals surface area contributed by atoms with Crippen molar-refractivity contribution >= 4 is 57.9 Å². The average molecular weight is 413 g/mol. The van der Waals surface area contributed by atoms with Gasteiger partial charge in [-0.2, -0.15) is 8.42 Å². The Labute approximate surface area is 109 Å². The Morgan fingerprint density at radius 2 is 1.93 bits per heavy atom. The summed E-state index contributed by atoms with van der Waals surface area (Å²) in [5.74, 6) is 0.527. The van der Waals surface area contributed by atoms with Crippen LogP contribution in [0.1, 0.15) is 25.7 Å². The standard InChI is InChI=1S/C7H9Br3O3S/c8-7(9,10)14(11,12)13-6-4-2-1-3-5-6/h4H,1-3,5H2. The van der Waals surface area contributed by atoms with E-state index in [-0.39, 0.29) is 0 Å². The molecule has 0 radical (unpaired) electrons. The SMILES string of the molecule is O=S(=O)(OC1=CCCCC1)C(Br)(Br)Br. The van der Waals surface area contributed by atoms with Gasteiger partial charge in [-0.1, -0.05) is 0 Å². The number of rotatable bonds is 2. The van der Waals surface area contributed by atoms with Crippen LogP contribution < -0.4 is 0 Å². The van der Waals surface area contributed by atoms with E-state index in [4.69, 9.17) is 4.18 Å². The average Bonchev–Trinajstić information content (AvgIpc) is 2.03. The van der Waals surface area contributed by atoms with Crippen molar-refractivity contribution in [2.75, 3.05) is 0 Å². The highest BCUT2D eigenvalue weighted by Crippen LogP contribution is 2.41. The van der Waals surface area contributed by atoms with Crippen LogP contribution >= 0.6 is 47.8 Å². The minimum absolute atomic E-state index is 0.527. The molecule has 1 rings (SSSR count). The zero-order valence-corrected chi connectivity index (χ0v) is 12.7. The van der Waals surface area contributed by atoms with Crippen molar-refractivity contribution < 1.29 is 12.6 Å². The highest BCUT2D eigenvalue weighted by Gasteiger charge is 2.38. The molecule has 1 aliphatic carbocycles. The van der Waals surface area contributed by atoms with Crippen LogP contribution in [-0.2, 0) is 14.3 Å². The molecule has 0 aromatic rings. The van der Waals surface area contributed by atoms with Crippen LogP contribution in [0.3, 0.4) is 0 Å². The van der Waals surface area contributed by atoms with Gasteiger partial charge in [0.1, 0.15) is 5.76 Å². The van der Waals surface area contributed by atoms with Gasteiger partial charge in [-0.3, -0.25) is 0 Å². The normalized spacial score (nSPS) is 18.9. The summed E-state index contributed by atoms with van der Waals surface area (Å²) < 4.78 is 26.6. The minimum atomic E-state index is -3.72. The molecule has 0 aromatic carbocycles. The van der Waals surface area contributed by atoms with Gasteiger partial charge in [0, 0.05) is 6.42 Å². The Balaban J connectivity index is 2.73. The van der Waals surface area contributed by atoms with Gasteiger partial charge in [-0.05, 0) is 73.1 Å². The van der Waals surface area contributed by atoms with Crippen molar-refractivity contribution in [2.24, 2.45) is 0 Å². The van der Waals surface area contributed by atoms with Crippen molar-refractivity contribution in [3.8, 4) is 0 Å². The summed E-state index contributed by atoms with van der Waals surface area (Å²) in [6, 6.07) is 0. The molecule has 0 saturated carbocycles. The smallest absolute Gasteiger partial charge is 0.345 e. The molecule has 0 unspecified atom stereocenters. The maximum atomic E-state index is 11.5. The van der Waals surface area contributed by atoms with Gasteiger partial charge in [0.2, 0.25) is 0 Å². The van der Waals surface area contributed by atoms with Crippen LogP contribution in [0.4, 0.5) is 0 Å². The summed E-state index contributed by atoms with van der Waals surface area (Å²) >= 11 is 8.76. The fourth-order valence-corrected chi connectivity index (χ4v) is 2.19. The fourth-order valence-electron chi connectivity index (χ4n) is 1.07. The lowest BCUT2D eigenvalue weighted by molar-refractivity contribution is 0.377. The highest BCUT2D eigenvalue weighted by atomic mass is 80.0. The molecule has 1 aliphatic rings. The van der Waals surface area contributed by atoms with Gasteiger partial charge in [0.05, 0.1) is 0 Å². The van der Waals surface area contributed by atoms with Gasteiger partial charge in [0.25, 0.3) is 1.47 Å². The molecule has 0 aliphatic heterocycles. The lowest BCUT2D eigenvalue weighted by Gasteiger charge is -2.18. The third kappa shape index (κ3) is 3.50. The number of halogens is 3. The van der Waals surface area contributed by atoms with Gasteiger partial charge >= 0.3 is 10.1 Å². The van der Waals surface area contributed by atoms with Gasteiger partial charge in [-0.25, -0.2) is 0 Å². The Kier molecular flexibility index (Phi) is 4.50. The van der Waals surface area contributed by atoms with Crippen LogP contribution in [0.2, 0.25) is 0 Å². The van der Waals surface area contributed by atoms with Gasteiger partial charge < -0.3 is 4.18 Å². The molecule has 0 amide bonds. The van der Waals surface area contributed by atoms with Crippen molar-refractivity contribution in [3.05, 3.63) is 11.8 Å². The monoisotopic (exact) mass is 410 g/mol. The number of hydrogen-bond acceptors (Lipinski definition) is 3. The molecule has 0 spiro atoms. The molecule has 0 aromatic heterocycles. The van der Waals surface area contributed by atoms with E-state index in [1.165, 1.54) is 0 Å². The lowest BCUT2D eigenvalue weighted by atomic mass is 10.1. The molecule has 14 heavy (non-hydrogen) atoms. The van der Waals surface area contributed by atoms with Crippen molar-refractivity contribution in [2.45, 2.75) is 27.2 Å². The molecule has 0 fully saturated rings. The first-order valence-electron chi connectivity index (χ1n) is 4.03. The van der Waals surface area contributed by atoms with Gasteiger partial charge in [0.15, 0.2) is 0 Å². The maximum absolute atomic E-state index is 11.5. The van der Waals surface area contributed by atoms with Crippen LogP contribution in [0.5, 0.6) is 0 Å². The van der Waals surface area contributed by atoms with E-state index in [9.17, 15) is 8.42 Å². The zero-order valence-electron chi connectivity index (χ0n) is 7.17. The highest BCUT2D eigenvalue weighted by molar-refractivity contribution is 9.42. The van der Waals surface area contributed by atoms with Crippen LogP contribution in [-0.4, -0.2) is 9.89 Å². The lowest BCUT2D eigenvalue weighted by Crippen LogP contribution is -2.20. The summed E-state index contributed by atoms with van der Waals surface area (Å²) in [6.45, 7) is 0. The molecular weight excluding hydrogens is 404 g/mol. The van der Waals surface area contributed by atoms with E-state index >= 15 is 0 Å². The second-order valence-corrected chi connectivity index (χ2v) is 12.9. The van der Waals surface area contributed by atoms with E-state index in [1.54, 1.807) is 0 Å². The Bertz CT molecular complexity index is 329. The van der Waals surface area contributed by atoms with Crippen LogP contribution in [0.25, 0.3) is 0 Å². The Morgan fingerprint density at radius 3 is 2.36 bits per heavy atom. The van der Waals surface area contributed by atoms with Gasteiger partial charge in [-0.15, -0.1) is 0 Å². The fraction of sp³-hybridized carbons (Fsp3) is 0.714. The second-order valence-electron chi connectivity index (χ2n) is 2.90. The summed E-state index contributed by atoms with van der Waals surface area (Å²) in [5.41, 5.74) is 0. The first-order valence-corrected chi connectivity index (χ1v) is 7.81. The van der Waals surface area contributed by atoms with Crippen LogP contribution in [0, 0.1) is 0 Å². The van der Waals surface area contributed by atoms with E-state index in [1.807, 2.05) is 6.08 Å². The summed E-state index contributed by atoms with van der Waals surface area (Å²) in [5, 5.41) is 0. The predicted molar refractivity (Wildman–Crippen MR) is 66.1 cm³/mol. The number of alkyl halides is 3. The third-order valence-corrected chi connectivity index (χ3v) is 6.32. The van der Waals surface area contributed by atoms with E-state index in [0.29, 0.717) is 12.2 Å². The largest absolute Gasteiger partial charge is 0.385 e. The maximum Gasteiger partial charge on any atom is 0.345 e. The van der Waals surface area contributed by atoms with Crippen LogP contribution in [0.15, 0.2) is 11.8 Å². The van der Waals surface area contributed by atoms with E-state index in [2.05, 4.69) is 47.8 Å². The molecule has 0 atom stereocenters.